The Bertz CT molecular complexity index is 1310. The van der Waals surface area contributed by atoms with Crippen molar-refractivity contribution in [2.75, 3.05) is 57.5 Å². The number of amides is 1. The molecule has 0 spiro atoms. The molecule has 2 N–H and O–H groups in total. The first-order chi connectivity index (χ1) is 16.2. The Morgan fingerprint density at radius 3 is 2.74 bits per heavy atom. The van der Waals surface area contributed by atoms with Crippen molar-refractivity contribution in [3.05, 3.63) is 41.3 Å². The highest BCUT2D eigenvalue weighted by Gasteiger charge is 2.21. The van der Waals surface area contributed by atoms with Crippen LogP contribution in [0, 0.1) is 0 Å². The molecule has 11 nitrogen and oxygen atoms in total. The van der Waals surface area contributed by atoms with E-state index in [1.807, 2.05) is 0 Å². The van der Waals surface area contributed by atoms with Crippen molar-refractivity contribution in [2.45, 2.75) is 0 Å². The number of hydrogen-bond donors (Lipinski definition) is 2. The number of sulfonamides is 1. The summed E-state index contributed by atoms with van der Waals surface area (Å²) in [5, 5.41) is 8.21. The van der Waals surface area contributed by atoms with Crippen molar-refractivity contribution in [3.8, 4) is 11.4 Å². The molecule has 1 amide bonds. The number of methoxy groups -OCH3 is 1. The predicted octanol–water partition coefficient (Wildman–Crippen LogP) is 1.52. The molecule has 0 bridgehead atoms. The maximum absolute atomic E-state index is 13.0. The van der Waals surface area contributed by atoms with E-state index in [9.17, 15) is 13.2 Å². The summed E-state index contributed by atoms with van der Waals surface area (Å²) in [4.78, 5) is 19.3. The molecular weight excluding hydrogens is 484 g/mol. The normalized spacial score (nSPS) is 14.8. The van der Waals surface area contributed by atoms with Gasteiger partial charge in [0.25, 0.3) is 5.91 Å². The Kier molecular flexibility index (Phi) is 7.22. The van der Waals surface area contributed by atoms with E-state index in [0.717, 1.165) is 19.3 Å². The van der Waals surface area contributed by atoms with E-state index in [1.165, 1.54) is 24.1 Å². The van der Waals surface area contributed by atoms with Crippen LogP contribution in [0.25, 0.3) is 16.6 Å². The van der Waals surface area contributed by atoms with Gasteiger partial charge in [-0.05, 0) is 12.1 Å². The molecule has 0 atom stereocenters. The van der Waals surface area contributed by atoms with Gasteiger partial charge in [0.15, 0.2) is 5.69 Å². The van der Waals surface area contributed by atoms with Crippen molar-refractivity contribution in [3.63, 3.8) is 0 Å². The molecule has 4 rings (SSSR count). The van der Waals surface area contributed by atoms with Crippen molar-refractivity contribution < 1.29 is 22.7 Å². The quantitative estimate of drug-likeness (QED) is 0.438. The second-order valence-electron chi connectivity index (χ2n) is 7.76. The number of anilines is 1. The Morgan fingerprint density at radius 1 is 1.26 bits per heavy atom. The van der Waals surface area contributed by atoms with Crippen LogP contribution in [-0.4, -0.2) is 86.7 Å². The molecule has 34 heavy (non-hydrogen) atoms. The standard InChI is InChI=1S/C21H25ClN6O5S/c1-32-18-11-14(26-34(2,30)31)3-4-16(18)28-17-12-19(22)24-13-15(17)20(25-28)21(29)23-5-6-27-7-9-33-10-8-27/h3-4,11-13,26H,5-10H2,1-2H3,(H,23,29). The van der Waals surface area contributed by atoms with Gasteiger partial charge in [0, 0.05) is 44.5 Å². The Balaban J connectivity index is 1.65. The van der Waals surface area contributed by atoms with Gasteiger partial charge < -0.3 is 14.8 Å². The van der Waals surface area contributed by atoms with E-state index in [1.54, 1.807) is 18.2 Å². The second-order valence-corrected chi connectivity index (χ2v) is 9.89. The lowest BCUT2D eigenvalue weighted by Gasteiger charge is -2.26. The average molecular weight is 509 g/mol. The summed E-state index contributed by atoms with van der Waals surface area (Å²) >= 11 is 6.13. The SMILES string of the molecule is COc1cc(NS(C)(=O)=O)ccc1-n1nc(C(=O)NCCN2CCOCC2)c2cnc(Cl)cc21. The number of carbonyl (C=O) groups excluding carboxylic acids is 1. The summed E-state index contributed by atoms with van der Waals surface area (Å²) in [5.41, 5.74) is 1.59. The Labute approximate surface area is 202 Å². The van der Waals surface area contributed by atoms with Crippen molar-refractivity contribution >= 4 is 44.1 Å². The fourth-order valence-corrected chi connectivity index (χ4v) is 4.41. The van der Waals surface area contributed by atoms with Crippen LogP contribution in [0.4, 0.5) is 5.69 Å². The van der Waals surface area contributed by atoms with Crippen LogP contribution in [0.3, 0.4) is 0 Å². The summed E-state index contributed by atoms with van der Waals surface area (Å²) < 4.78 is 37.9. The van der Waals surface area contributed by atoms with Gasteiger partial charge in [-0.1, -0.05) is 11.6 Å². The second kappa shape index (κ2) is 10.1. The third-order valence-corrected chi connectivity index (χ3v) is 6.09. The van der Waals surface area contributed by atoms with Gasteiger partial charge in [-0.15, -0.1) is 0 Å². The van der Waals surface area contributed by atoms with Crippen LogP contribution in [0.1, 0.15) is 10.5 Å². The number of nitrogens with one attached hydrogen (secondary N) is 2. The summed E-state index contributed by atoms with van der Waals surface area (Å²) in [6, 6.07) is 6.37. The average Bonchev–Trinajstić information content (AvgIpc) is 3.17. The molecule has 1 fully saturated rings. The lowest BCUT2D eigenvalue weighted by atomic mass is 10.2. The van der Waals surface area contributed by atoms with E-state index in [2.05, 4.69) is 25.0 Å². The zero-order valence-corrected chi connectivity index (χ0v) is 20.3. The Morgan fingerprint density at radius 2 is 2.03 bits per heavy atom. The maximum Gasteiger partial charge on any atom is 0.272 e. The molecule has 1 saturated heterocycles. The van der Waals surface area contributed by atoms with Crippen LogP contribution in [0.2, 0.25) is 5.15 Å². The van der Waals surface area contributed by atoms with Gasteiger partial charge in [-0.3, -0.25) is 14.4 Å². The lowest BCUT2D eigenvalue weighted by Crippen LogP contribution is -2.41. The van der Waals surface area contributed by atoms with Gasteiger partial charge in [0.2, 0.25) is 10.0 Å². The van der Waals surface area contributed by atoms with Gasteiger partial charge in [0.05, 0.1) is 43.2 Å². The van der Waals surface area contributed by atoms with Crippen LogP contribution in [-0.2, 0) is 14.8 Å². The van der Waals surface area contributed by atoms with E-state index in [0.29, 0.717) is 54.3 Å². The number of nitrogens with zero attached hydrogens (tertiary/aromatic N) is 4. The lowest BCUT2D eigenvalue weighted by molar-refractivity contribution is 0.0383. The van der Waals surface area contributed by atoms with Gasteiger partial charge in [-0.25, -0.2) is 18.1 Å². The first-order valence-corrected chi connectivity index (χ1v) is 12.8. The molecule has 0 unspecified atom stereocenters. The summed E-state index contributed by atoms with van der Waals surface area (Å²) in [7, 11) is -2.00. The maximum atomic E-state index is 13.0. The molecule has 1 aromatic carbocycles. The monoisotopic (exact) mass is 508 g/mol. The predicted molar refractivity (Wildman–Crippen MR) is 128 cm³/mol. The summed E-state index contributed by atoms with van der Waals surface area (Å²) in [6.07, 6.45) is 2.57. The molecule has 0 aliphatic carbocycles. The number of fused-ring (bicyclic) bond motifs is 1. The van der Waals surface area contributed by atoms with Crippen molar-refractivity contribution in [2.24, 2.45) is 0 Å². The molecule has 1 aliphatic rings. The van der Waals surface area contributed by atoms with Crippen LogP contribution in [0.15, 0.2) is 30.5 Å². The number of pyridine rings is 1. The number of hydrogen-bond acceptors (Lipinski definition) is 8. The zero-order valence-electron chi connectivity index (χ0n) is 18.7. The van der Waals surface area contributed by atoms with Crippen LogP contribution >= 0.6 is 11.6 Å². The molecule has 0 saturated carbocycles. The van der Waals surface area contributed by atoms with E-state index in [-0.39, 0.29) is 16.8 Å². The zero-order chi connectivity index (χ0) is 24.3. The molecular formula is C21H25ClN6O5S. The molecule has 2 aromatic heterocycles. The molecule has 3 heterocycles. The molecule has 182 valence electrons. The first kappa shape index (κ1) is 24.2. The van der Waals surface area contributed by atoms with Crippen molar-refractivity contribution in [1.29, 1.82) is 0 Å². The fraction of sp³-hybridized carbons (Fsp3) is 0.381. The van der Waals surface area contributed by atoms with Crippen LogP contribution in [0.5, 0.6) is 5.75 Å². The molecule has 1 aliphatic heterocycles. The molecule has 13 heteroatoms. The number of ether oxygens (including phenoxy) is 2. The van der Waals surface area contributed by atoms with E-state index < -0.39 is 10.0 Å². The number of carbonyl (C=O) groups is 1. The highest BCUT2D eigenvalue weighted by Crippen LogP contribution is 2.31. The number of halogens is 1. The van der Waals surface area contributed by atoms with Gasteiger partial charge in [-0.2, -0.15) is 5.10 Å². The van der Waals surface area contributed by atoms with Gasteiger partial charge in [0.1, 0.15) is 16.6 Å². The smallest absolute Gasteiger partial charge is 0.272 e. The van der Waals surface area contributed by atoms with Crippen molar-refractivity contribution in [1.82, 2.24) is 25.0 Å². The number of morpholine rings is 1. The highest BCUT2D eigenvalue weighted by atomic mass is 35.5. The minimum absolute atomic E-state index is 0.196. The van der Waals surface area contributed by atoms with Crippen LogP contribution < -0.4 is 14.8 Å². The molecule has 3 aromatic rings. The summed E-state index contributed by atoms with van der Waals surface area (Å²) in [5.74, 6) is 0.0146. The third-order valence-electron chi connectivity index (χ3n) is 5.28. The van der Waals surface area contributed by atoms with E-state index >= 15 is 0 Å². The fourth-order valence-electron chi connectivity index (χ4n) is 3.70. The minimum Gasteiger partial charge on any atom is -0.494 e. The van der Waals surface area contributed by atoms with Gasteiger partial charge >= 0.3 is 0 Å². The number of benzene rings is 1. The number of rotatable bonds is 8. The minimum atomic E-state index is -3.46. The topological polar surface area (TPSA) is 128 Å². The highest BCUT2D eigenvalue weighted by molar-refractivity contribution is 7.92. The first-order valence-electron chi connectivity index (χ1n) is 10.5. The largest absolute Gasteiger partial charge is 0.494 e. The summed E-state index contributed by atoms with van der Waals surface area (Å²) in [6.45, 7) is 4.22. The Hall–Kier alpha value is -2.93. The third kappa shape index (κ3) is 5.58. The van der Waals surface area contributed by atoms with E-state index in [4.69, 9.17) is 21.1 Å². The molecule has 0 radical (unpaired) electrons. The number of aromatic nitrogens is 3.